The van der Waals surface area contributed by atoms with Crippen LogP contribution in [0.3, 0.4) is 0 Å². The van der Waals surface area contributed by atoms with Crippen LogP contribution in [0.5, 0.6) is 0 Å². The molecule has 15 heavy (non-hydrogen) atoms. The van der Waals surface area contributed by atoms with Crippen molar-refractivity contribution in [3.8, 4) is 0 Å². The monoisotopic (exact) mass is 234 g/mol. The molecule has 0 radical (unpaired) electrons. The predicted octanol–water partition coefficient (Wildman–Crippen LogP) is 2.49. The van der Waals surface area contributed by atoms with Crippen molar-refractivity contribution in [2.45, 2.75) is 39.7 Å². The average Bonchev–Trinajstić information content (AvgIpc) is 2.08. The second-order valence-corrected chi connectivity index (χ2v) is 5.54. The van der Waals surface area contributed by atoms with Crippen molar-refractivity contribution in [3.63, 3.8) is 0 Å². The topological polar surface area (TPSA) is 35.5 Å². The highest BCUT2D eigenvalue weighted by Crippen LogP contribution is 2.08. The van der Waals surface area contributed by atoms with Crippen molar-refractivity contribution in [2.24, 2.45) is 0 Å². The molecule has 0 rings (SSSR count). The quantitative estimate of drug-likeness (QED) is 0.501. The second kappa shape index (κ2) is 7.99. The van der Waals surface area contributed by atoms with Gasteiger partial charge >= 0.3 is 5.97 Å². The molecule has 0 aliphatic carbocycles. The summed E-state index contributed by atoms with van der Waals surface area (Å²) in [7, 11) is 0. The van der Waals surface area contributed by atoms with Gasteiger partial charge in [-0.2, -0.15) is 11.8 Å². The Balaban J connectivity index is 3.32. The van der Waals surface area contributed by atoms with E-state index >= 15 is 0 Å². The van der Waals surface area contributed by atoms with Crippen LogP contribution in [0.1, 0.15) is 34.1 Å². The van der Waals surface area contributed by atoms with Gasteiger partial charge in [-0.15, -0.1) is 0 Å². The van der Waals surface area contributed by atoms with Crippen molar-refractivity contribution in [1.82, 2.24) is 0 Å². The molecule has 0 saturated heterocycles. The second-order valence-electron chi connectivity index (χ2n) is 4.15. The summed E-state index contributed by atoms with van der Waals surface area (Å²) >= 11 is 1.84. The van der Waals surface area contributed by atoms with E-state index in [1.54, 1.807) is 0 Å². The number of hydrogen-bond donors (Lipinski definition) is 0. The molecule has 4 heteroatoms. The molecule has 0 aromatic carbocycles. The van der Waals surface area contributed by atoms with E-state index in [0.717, 1.165) is 11.5 Å². The van der Waals surface area contributed by atoms with Crippen LogP contribution >= 0.6 is 11.8 Å². The molecule has 0 saturated carbocycles. The fraction of sp³-hybridized carbons (Fsp3) is 0.909. The van der Waals surface area contributed by atoms with Gasteiger partial charge in [0.05, 0.1) is 19.6 Å². The number of ether oxygens (including phenoxy) is 2. The SMILES string of the molecule is CCSCCOCCC(=O)OC(C)(C)C. The lowest BCUT2D eigenvalue weighted by Crippen LogP contribution is -2.24. The molecule has 0 aliphatic rings. The summed E-state index contributed by atoms with van der Waals surface area (Å²) in [5.41, 5.74) is -0.394. The summed E-state index contributed by atoms with van der Waals surface area (Å²) in [6.07, 6.45) is 0.341. The number of carbonyl (C=O) groups excluding carboxylic acids is 1. The third kappa shape index (κ3) is 11.7. The van der Waals surface area contributed by atoms with Gasteiger partial charge in [-0.1, -0.05) is 6.92 Å². The summed E-state index contributed by atoms with van der Waals surface area (Å²) in [5.74, 6) is 1.91. The molecule has 0 aromatic rings. The largest absolute Gasteiger partial charge is 0.460 e. The molecule has 0 spiro atoms. The maximum absolute atomic E-state index is 11.2. The Morgan fingerprint density at radius 2 is 1.93 bits per heavy atom. The molecule has 0 heterocycles. The van der Waals surface area contributed by atoms with E-state index in [4.69, 9.17) is 9.47 Å². The normalized spacial score (nSPS) is 11.5. The van der Waals surface area contributed by atoms with Crippen molar-refractivity contribution < 1.29 is 14.3 Å². The zero-order valence-electron chi connectivity index (χ0n) is 10.2. The van der Waals surface area contributed by atoms with E-state index in [0.29, 0.717) is 19.6 Å². The maximum Gasteiger partial charge on any atom is 0.308 e. The van der Waals surface area contributed by atoms with Gasteiger partial charge in [0.15, 0.2) is 0 Å². The lowest BCUT2D eigenvalue weighted by molar-refractivity contribution is -0.155. The summed E-state index contributed by atoms with van der Waals surface area (Å²) in [6, 6.07) is 0. The van der Waals surface area contributed by atoms with Gasteiger partial charge in [-0.25, -0.2) is 0 Å². The van der Waals surface area contributed by atoms with Gasteiger partial charge in [0.1, 0.15) is 5.60 Å². The molecule has 0 aliphatic heterocycles. The minimum Gasteiger partial charge on any atom is -0.460 e. The number of thioether (sulfide) groups is 1. The van der Waals surface area contributed by atoms with E-state index in [-0.39, 0.29) is 5.97 Å². The number of hydrogen-bond acceptors (Lipinski definition) is 4. The van der Waals surface area contributed by atoms with Crippen LogP contribution in [0.2, 0.25) is 0 Å². The summed E-state index contributed by atoms with van der Waals surface area (Å²) in [5, 5.41) is 0. The zero-order valence-corrected chi connectivity index (χ0v) is 11.0. The molecule has 0 aromatic heterocycles. The fourth-order valence-electron chi connectivity index (χ4n) is 0.912. The first kappa shape index (κ1) is 14.8. The van der Waals surface area contributed by atoms with Crippen LogP contribution in [0.4, 0.5) is 0 Å². The first-order chi connectivity index (χ1) is 6.95. The lowest BCUT2D eigenvalue weighted by Gasteiger charge is -2.19. The molecule has 90 valence electrons. The van der Waals surface area contributed by atoms with Crippen molar-refractivity contribution in [1.29, 1.82) is 0 Å². The van der Waals surface area contributed by atoms with E-state index in [1.807, 2.05) is 32.5 Å². The highest BCUT2D eigenvalue weighted by molar-refractivity contribution is 7.99. The molecular formula is C11H22O3S. The molecule has 0 amide bonds. The predicted molar refractivity (Wildman–Crippen MR) is 64.3 cm³/mol. The van der Waals surface area contributed by atoms with Crippen LogP contribution in [0, 0.1) is 0 Å². The highest BCUT2D eigenvalue weighted by Gasteiger charge is 2.15. The van der Waals surface area contributed by atoms with Crippen LogP contribution in [0.15, 0.2) is 0 Å². The summed E-state index contributed by atoms with van der Waals surface area (Å²) < 4.78 is 10.4. The first-order valence-electron chi connectivity index (χ1n) is 5.33. The lowest BCUT2D eigenvalue weighted by atomic mass is 10.2. The maximum atomic E-state index is 11.2. The number of carbonyl (C=O) groups is 1. The van der Waals surface area contributed by atoms with E-state index in [2.05, 4.69) is 6.92 Å². The standard InChI is InChI=1S/C11H22O3S/c1-5-15-9-8-13-7-6-10(12)14-11(2,3)4/h5-9H2,1-4H3. The van der Waals surface area contributed by atoms with E-state index in [9.17, 15) is 4.79 Å². The smallest absolute Gasteiger partial charge is 0.308 e. The third-order valence-electron chi connectivity index (χ3n) is 1.45. The fourth-order valence-corrected chi connectivity index (χ4v) is 1.44. The Hall–Kier alpha value is -0.220. The molecule has 0 atom stereocenters. The Morgan fingerprint density at radius 3 is 2.47 bits per heavy atom. The van der Waals surface area contributed by atoms with Gasteiger partial charge in [0, 0.05) is 5.75 Å². The first-order valence-corrected chi connectivity index (χ1v) is 6.48. The van der Waals surface area contributed by atoms with Crippen molar-refractivity contribution >= 4 is 17.7 Å². The summed E-state index contributed by atoms with van der Waals surface area (Å²) in [6.45, 7) is 8.88. The van der Waals surface area contributed by atoms with Crippen LogP contribution < -0.4 is 0 Å². The summed E-state index contributed by atoms with van der Waals surface area (Å²) in [4.78, 5) is 11.2. The molecule has 0 N–H and O–H groups in total. The third-order valence-corrected chi connectivity index (χ3v) is 2.31. The van der Waals surface area contributed by atoms with Crippen LogP contribution in [-0.4, -0.2) is 36.3 Å². The zero-order chi connectivity index (χ0) is 11.7. The van der Waals surface area contributed by atoms with Crippen molar-refractivity contribution in [3.05, 3.63) is 0 Å². The van der Waals surface area contributed by atoms with E-state index in [1.165, 1.54) is 0 Å². The molecule has 0 fully saturated rings. The molecule has 3 nitrogen and oxygen atoms in total. The van der Waals surface area contributed by atoms with Gasteiger partial charge in [0.25, 0.3) is 0 Å². The molecular weight excluding hydrogens is 212 g/mol. The minimum atomic E-state index is -0.394. The molecule has 0 bridgehead atoms. The Bertz CT molecular complexity index is 175. The number of rotatable bonds is 7. The van der Waals surface area contributed by atoms with Gasteiger partial charge < -0.3 is 9.47 Å². The van der Waals surface area contributed by atoms with Crippen LogP contribution in [-0.2, 0) is 14.3 Å². The van der Waals surface area contributed by atoms with Gasteiger partial charge in [-0.3, -0.25) is 4.79 Å². The van der Waals surface area contributed by atoms with Crippen LogP contribution in [0.25, 0.3) is 0 Å². The Kier molecular flexibility index (Phi) is 7.88. The molecule has 0 unspecified atom stereocenters. The average molecular weight is 234 g/mol. The van der Waals surface area contributed by atoms with Gasteiger partial charge in [0.2, 0.25) is 0 Å². The highest BCUT2D eigenvalue weighted by atomic mass is 32.2. The Labute approximate surface area is 96.9 Å². The number of esters is 1. The van der Waals surface area contributed by atoms with E-state index < -0.39 is 5.60 Å². The Morgan fingerprint density at radius 1 is 1.27 bits per heavy atom. The minimum absolute atomic E-state index is 0.189. The van der Waals surface area contributed by atoms with Gasteiger partial charge in [-0.05, 0) is 26.5 Å². The van der Waals surface area contributed by atoms with Crippen molar-refractivity contribution in [2.75, 3.05) is 24.7 Å².